The summed E-state index contributed by atoms with van der Waals surface area (Å²) >= 11 is 0. The second-order valence-electron chi connectivity index (χ2n) is 7.21. The van der Waals surface area contributed by atoms with E-state index < -0.39 is 6.04 Å². The number of halogens is 1. The van der Waals surface area contributed by atoms with Gasteiger partial charge in [-0.2, -0.15) is 0 Å². The van der Waals surface area contributed by atoms with Gasteiger partial charge in [-0.15, -0.1) is 0 Å². The molecule has 3 heterocycles. The fourth-order valence-electron chi connectivity index (χ4n) is 3.33. The highest BCUT2D eigenvalue weighted by molar-refractivity contribution is 5.79. The van der Waals surface area contributed by atoms with E-state index in [2.05, 4.69) is 25.3 Å². The van der Waals surface area contributed by atoms with E-state index in [0.717, 1.165) is 5.56 Å². The predicted octanol–water partition coefficient (Wildman–Crippen LogP) is 3.01. The third kappa shape index (κ3) is 5.48. The molecule has 1 atom stereocenters. The first-order chi connectivity index (χ1) is 15.6. The highest BCUT2D eigenvalue weighted by Crippen LogP contribution is 2.19. The molecule has 1 aromatic carbocycles. The summed E-state index contributed by atoms with van der Waals surface area (Å²) in [5, 5.41) is 2.97. The molecular weight excluding hydrogens is 409 g/mol. The van der Waals surface area contributed by atoms with Crippen LogP contribution >= 0.6 is 0 Å². The van der Waals surface area contributed by atoms with E-state index in [-0.39, 0.29) is 30.1 Å². The van der Waals surface area contributed by atoms with E-state index in [1.54, 1.807) is 55.0 Å². The molecule has 4 aromatic rings. The number of aromatic amines is 1. The average molecular weight is 429 g/mol. The Morgan fingerprint density at radius 3 is 2.62 bits per heavy atom. The number of benzene rings is 1. The molecule has 7 nitrogen and oxygen atoms in total. The molecule has 0 unspecified atom stereocenters. The number of hydrogen-bond donors (Lipinski definition) is 2. The number of H-pyrrole nitrogens is 1. The number of hydrogen-bond acceptors (Lipinski definition) is 5. The fraction of sp³-hybridized carbons (Fsp3) is 0.125. The molecule has 0 saturated heterocycles. The first-order valence-electron chi connectivity index (χ1n) is 10.0. The minimum atomic E-state index is -0.509. The molecule has 2 N–H and O–H groups in total. The molecule has 3 aromatic heterocycles. The van der Waals surface area contributed by atoms with Crippen molar-refractivity contribution >= 4 is 5.91 Å². The largest absolute Gasteiger partial charge is 0.349 e. The highest BCUT2D eigenvalue weighted by atomic mass is 19.1. The average Bonchev–Trinajstić information content (AvgIpc) is 2.80. The Morgan fingerprint density at radius 2 is 1.91 bits per heavy atom. The molecule has 32 heavy (non-hydrogen) atoms. The molecule has 0 saturated carbocycles. The van der Waals surface area contributed by atoms with Crippen molar-refractivity contribution in [1.29, 1.82) is 0 Å². The topological polar surface area (TPSA) is 101 Å². The van der Waals surface area contributed by atoms with Crippen LogP contribution in [-0.4, -0.2) is 25.8 Å². The summed E-state index contributed by atoms with van der Waals surface area (Å²) < 4.78 is 13.5. The zero-order chi connectivity index (χ0) is 22.3. The molecule has 0 fully saturated rings. The van der Waals surface area contributed by atoms with Crippen molar-refractivity contribution in [1.82, 2.24) is 25.3 Å². The molecule has 0 aliphatic rings. The number of rotatable bonds is 7. The van der Waals surface area contributed by atoms with Gasteiger partial charge in [0, 0.05) is 31.1 Å². The molecule has 0 aliphatic heterocycles. The Hall–Kier alpha value is -4.20. The Bertz CT molecular complexity index is 1240. The number of nitrogens with zero attached hydrogens (tertiary/aromatic N) is 3. The van der Waals surface area contributed by atoms with E-state index in [1.807, 2.05) is 6.07 Å². The normalized spacial score (nSPS) is 11.7. The van der Waals surface area contributed by atoms with Crippen LogP contribution < -0.4 is 10.9 Å². The summed E-state index contributed by atoms with van der Waals surface area (Å²) in [6, 6.07) is 15.7. The monoisotopic (exact) mass is 429 g/mol. The van der Waals surface area contributed by atoms with Crippen LogP contribution in [0.1, 0.15) is 22.9 Å². The molecule has 0 aliphatic carbocycles. The van der Waals surface area contributed by atoms with E-state index >= 15 is 0 Å². The molecule has 8 heteroatoms. The predicted molar refractivity (Wildman–Crippen MR) is 117 cm³/mol. The van der Waals surface area contributed by atoms with Crippen molar-refractivity contribution in [3.05, 3.63) is 112 Å². The maximum absolute atomic E-state index is 13.5. The maximum Gasteiger partial charge on any atom is 0.251 e. The van der Waals surface area contributed by atoms with Crippen molar-refractivity contribution in [3.8, 4) is 11.5 Å². The quantitative estimate of drug-likeness (QED) is 0.470. The zero-order valence-corrected chi connectivity index (χ0v) is 17.0. The molecule has 0 radical (unpaired) electrons. The third-order valence-electron chi connectivity index (χ3n) is 4.81. The smallest absolute Gasteiger partial charge is 0.251 e. The lowest BCUT2D eigenvalue weighted by molar-refractivity contribution is -0.121. The number of amides is 1. The lowest BCUT2D eigenvalue weighted by atomic mass is 10.0. The number of nitrogens with one attached hydrogen (secondary N) is 2. The van der Waals surface area contributed by atoms with Gasteiger partial charge in [0.15, 0.2) is 5.82 Å². The summed E-state index contributed by atoms with van der Waals surface area (Å²) in [6.07, 6.45) is 5.27. The Balaban J connectivity index is 1.60. The molecular formula is C24H20FN5O2. The second kappa shape index (κ2) is 9.74. The lowest BCUT2D eigenvalue weighted by Crippen LogP contribution is -2.31. The van der Waals surface area contributed by atoms with E-state index in [0.29, 0.717) is 22.8 Å². The first kappa shape index (κ1) is 21.0. The third-order valence-corrected chi connectivity index (χ3v) is 4.81. The van der Waals surface area contributed by atoms with Crippen LogP contribution in [0.2, 0.25) is 0 Å². The van der Waals surface area contributed by atoms with Gasteiger partial charge in [-0.1, -0.05) is 24.3 Å². The van der Waals surface area contributed by atoms with Gasteiger partial charge in [0.05, 0.1) is 18.2 Å². The van der Waals surface area contributed by atoms with Crippen molar-refractivity contribution in [3.63, 3.8) is 0 Å². The minimum Gasteiger partial charge on any atom is -0.349 e. The fourth-order valence-corrected chi connectivity index (χ4v) is 3.33. The van der Waals surface area contributed by atoms with Crippen LogP contribution in [0.25, 0.3) is 11.5 Å². The van der Waals surface area contributed by atoms with Crippen LogP contribution in [-0.2, 0) is 17.6 Å². The Morgan fingerprint density at radius 1 is 1.06 bits per heavy atom. The summed E-state index contributed by atoms with van der Waals surface area (Å²) in [6.45, 7) is 0. The van der Waals surface area contributed by atoms with Gasteiger partial charge in [-0.05, 0) is 41.5 Å². The van der Waals surface area contributed by atoms with Crippen molar-refractivity contribution in [2.24, 2.45) is 0 Å². The molecule has 0 bridgehead atoms. The minimum absolute atomic E-state index is 0.146. The Kier molecular flexibility index (Phi) is 6.41. The van der Waals surface area contributed by atoms with Gasteiger partial charge in [-0.25, -0.2) is 9.37 Å². The number of carbonyl (C=O) groups is 1. The van der Waals surface area contributed by atoms with Gasteiger partial charge in [-0.3, -0.25) is 19.6 Å². The van der Waals surface area contributed by atoms with Gasteiger partial charge in [0.1, 0.15) is 11.5 Å². The molecule has 1 amide bonds. The van der Waals surface area contributed by atoms with Crippen LogP contribution in [0.5, 0.6) is 0 Å². The van der Waals surface area contributed by atoms with E-state index in [1.165, 1.54) is 18.2 Å². The lowest BCUT2D eigenvalue weighted by Gasteiger charge is -2.19. The summed E-state index contributed by atoms with van der Waals surface area (Å²) in [5.74, 6) is -0.254. The van der Waals surface area contributed by atoms with Crippen molar-refractivity contribution < 1.29 is 9.18 Å². The van der Waals surface area contributed by atoms with Crippen LogP contribution in [0, 0.1) is 5.82 Å². The first-order valence-corrected chi connectivity index (χ1v) is 10.0. The Labute approximate surface area is 183 Å². The van der Waals surface area contributed by atoms with Gasteiger partial charge >= 0.3 is 0 Å². The van der Waals surface area contributed by atoms with Crippen molar-refractivity contribution in [2.75, 3.05) is 0 Å². The van der Waals surface area contributed by atoms with Crippen LogP contribution in [0.3, 0.4) is 0 Å². The standard InChI is InChI=1S/C24H20FN5O2/c25-18-8-6-17(7-9-18)21(29-22(31)12-16-4-3-10-26-15-16)13-19-14-23(32)30-24(28-19)20-5-1-2-11-27-20/h1-11,14-15,21H,12-13H2,(H,29,31)(H,28,30,32)/t21-/m0/s1. The van der Waals surface area contributed by atoms with Crippen LogP contribution in [0.15, 0.2) is 84.0 Å². The number of pyridine rings is 2. The molecule has 4 rings (SSSR count). The highest BCUT2D eigenvalue weighted by Gasteiger charge is 2.18. The SMILES string of the molecule is O=C(Cc1cccnc1)N[C@@H](Cc1cc(=O)[nH]c(-c2ccccn2)n1)c1ccc(F)cc1. The number of aromatic nitrogens is 4. The summed E-state index contributed by atoms with van der Waals surface area (Å²) in [5.41, 5.74) is 2.16. The van der Waals surface area contributed by atoms with Gasteiger partial charge in [0.25, 0.3) is 5.56 Å². The van der Waals surface area contributed by atoms with Gasteiger partial charge < -0.3 is 10.3 Å². The van der Waals surface area contributed by atoms with E-state index in [4.69, 9.17) is 0 Å². The van der Waals surface area contributed by atoms with Crippen molar-refractivity contribution in [2.45, 2.75) is 18.9 Å². The van der Waals surface area contributed by atoms with Crippen LogP contribution in [0.4, 0.5) is 4.39 Å². The summed E-state index contributed by atoms with van der Waals surface area (Å²) in [4.78, 5) is 40.4. The van der Waals surface area contributed by atoms with Gasteiger partial charge in [0.2, 0.25) is 5.91 Å². The zero-order valence-electron chi connectivity index (χ0n) is 17.0. The molecule has 0 spiro atoms. The molecule has 160 valence electrons. The summed E-state index contributed by atoms with van der Waals surface area (Å²) in [7, 11) is 0. The second-order valence-corrected chi connectivity index (χ2v) is 7.21. The van der Waals surface area contributed by atoms with E-state index in [9.17, 15) is 14.0 Å². The maximum atomic E-state index is 13.5. The number of carbonyl (C=O) groups excluding carboxylic acids is 1.